The summed E-state index contributed by atoms with van der Waals surface area (Å²) in [6, 6.07) is 5.50. The number of nitrogens with one attached hydrogen (secondary N) is 1. The highest BCUT2D eigenvalue weighted by atomic mass is 35.5. The van der Waals surface area contributed by atoms with Gasteiger partial charge >= 0.3 is 0 Å². The largest absolute Gasteiger partial charge is 0.374 e. The van der Waals surface area contributed by atoms with Crippen molar-refractivity contribution < 1.29 is 9.53 Å². The summed E-state index contributed by atoms with van der Waals surface area (Å²) in [6.45, 7) is 4.80. The van der Waals surface area contributed by atoms with Crippen LogP contribution in [0.2, 0.25) is 5.02 Å². The molecule has 1 N–H and O–H groups in total. The average molecular weight is 283 g/mol. The van der Waals surface area contributed by atoms with E-state index in [2.05, 4.69) is 5.32 Å². The molecule has 0 bridgehead atoms. The van der Waals surface area contributed by atoms with E-state index < -0.39 is 0 Å². The van der Waals surface area contributed by atoms with Crippen LogP contribution in [0.4, 0.5) is 0 Å². The molecule has 0 aliphatic carbocycles. The molecule has 0 saturated carbocycles. The van der Waals surface area contributed by atoms with E-state index in [4.69, 9.17) is 16.3 Å². The summed E-state index contributed by atoms with van der Waals surface area (Å²) in [6.07, 6.45) is 0.0475. The highest BCUT2D eigenvalue weighted by molar-refractivity contribution is 6.34. The number of likely N-dealkylation sites (N-methyl/N-ethyl adjacent to an activating group) is 1. The Bertz CT molecular complexity index is 459. The molecular weight excluding hydrogens is 264 g/mol. The zero-order valence-electron chi connectivity index (χ0n) is 11.3. The molecule has 1 aliphatic rings. The van der Waals surface area contributed by atoms with E-state index in [1.54, 1.807) is 18.0 Å². The van der Waals surface area contributed by atoms with Gasteiger partial charge < -0.3 is 15.0 Å². The highest BCUT2D eigenvalue weighted by Gasteiger charge is 2.21. The second-order valence-electron chi connectivity index (χ2n) is 4.82. The van der Waals surface area contributed by atoms with Crippen molar-refractivity contribution in [3.8, 4) is 0 Å². The topological polar surface area (TPSA) is 41.6 Å². The van der Waals surface area contributed by atoms with Crippen LogP contribution in [-0.4, -0.2) is 50.2 Å². The van der Waals surface area contributed by atoms with Crippen LogP contribution in [-0.2, 0) is 4.74 Å². The Balaban J connectivity index is 2.03. The van der Waals surface area contributed by atoms with Gasteiger partial charge in [-0.15, -0.1) is 0 Å². The molecule has 104 valence electrons. The predicted octanol–water partition coefficient (Wildman–Crippen LogP) is 1.71. The molecular formula is C14H19ClN2O2. The molecule has 2 rings (SSSR count). The minimum atomic E-state index is -0.0668. The summed E-state index contributed by atoms with van der Waals surface area (Å²) in [4.78, 5) is 14.0. The Hall–Kier alpha value is -1.10. The second-order valence-corrected chi connectivity index (χ2v) is 5.20. The van der Waals surface area contributed by atoms with Crippen LogP contribution < -0.4 is 5.32 Å². The Morgan fingerprint density at radius 2 is 2.37 bits per heavy atom. The number of hydrogen-bond donors (Lipinski definition) is 1. The van der Waals surface area contributed by atoms with Gasteiger partial charge in [0.05, 0.1) is 23.3 Å². The van der Waals surface area contributed by atoms with Gasteiger partial charge in [0.15, 0.2) is 0 Å². The van der Waals surface area contributed by atoms with E-state index in [1.165, 1.54) is 0 Å². The molecule has 19 heavy (non-hydrogen) atoms. The first-order valence-corrected chi connectivity index (χ1v) is 6.80. The zero-order chi connectivity index (χ0) is 13.8. The molecule has 0 spiro atoms. The number of amides is 1. The molecule has 1 heterocycles. The van der Waals surface area contributed by atoms with Crippen molar-refractivity contribution in [2.75, 3.05) is 33.3 Å². The van der Waals surface area contributed by atoms with Gasteiger partial charge in [-0.1, -0.05) is 23.7 Å². The number of nitrogens with zero attached hydrogens (tertiary/aromatic N) is 1. The molecule has 0 radical (unpaired) electrons. The average Bonchev–Trinajstić information content (AvgIpc) is 2.42. The molecule has 1 amide bonds. The van der Waals surface area contributed by atoms with E-state index >= 15 is 0 Å². The monoisotopic (exact) mass is 282 g/mol. The summed E-state index contributed by atoms with van der Waals surface area (Å²) >= 11 is 6.18. The number of benzene rings is 1. The lowest BCUT2D eigenvalue weighted by Crippen LogP contribution is -2.45. The number of aryl methyl sites for hydroxylation is 1. The van der Waals surface area contributed by atoms with Crippen LogP contribution >= 0.6 is 11.6 Å². The van der Waals surface area contributed by atoms with Crippen molar-refractivity contribution in [3.63, 3.8) is 0 Å². The number of carbonyl (C=O) groups is 1. The lowest BCUT2D eigenvalue weighted by Gasteiger charge is -2.28. The van der Waals surface area contributed by atoms with Crippen molar-refractivity contribution >= 4 is 17.5 Å². The first-order valence-electron chi connectivity index (χ1n) is 6.42. The summed E-state index contributed by atoms with van der Waals surface area (Å²) < 4.78 is 5.60. The van der Waals surface area contributed by atoms with E-state index in [0.717, 1.165) is 18.7 Å². The second kappa shape index (κ2) is 6.37. The van der Waals surface area contributed by atoms with Crippen LogP contribution in [0.1, 0.15) is 15.9 Å². The molecule has 0 aromatic heterocycles. The number of hydrogen-bond acceptors (Lipinski definition) is 3. The van der Waals surface area contributed by atoms with Gasteiger partial charge in [-0.3, -0.25) is 4.79 Å². The quantitative estimate of drug-likeness (QED) is 0.918. The van der Waals surface area contributed by atoms with Gasteiger partial charge in [0.2, 0.25) is 0 Å². The standard InChI is InChI=1S/C14H19ClN2O2/c1-10-4-3-5-12(13(10)15)14(18)17(2)9-11-8-16-6-7-19-11/h3-5,11,16H,6-9H2,1-2H3. The van der Waals surface area contributed by atoms with Crippen LogP contribution in [0, 0.1) is 6.92 Å². The van der Waals surface area contributed by atoms with Crippen LogP contribution in [0.5, 0.6) is 0 Å². The zero-order valence-corrected chi connectivity index (χ0v) is 12.0. The maximum atomic E-state index is 12.4. The predicted molar refractivity (Wildman–Crippen MR) is 75.8 cm³/mol. The van der Waals surface area contributed by atoms with Gasteiger partial charge in [0.1, 0.15) is 0 Å². The van der Waals surface area contributed by atoms with Crippen LogP contribution in [0.3, 0.4) is 0 Å². The fourth-order valence-corrected chi connectivity index (χ4v) is 2.35. The molecule has 1 atom stereocenters. The number of halogens is 1. The summed E-state index contributed by atoms with van der Waals surface area (Å²) in [5.74, 6) is -0.0668. The van der Waals surface area contributed by atoms with E-state index in [-0.39, 0.29) is 12.0 Å². The van der Waals surface area contributed by atoms with Crippen molar-refractivity contribution in [2.45, 2.75) is 13.0 Å². The smallest absolute Gasteiger partial charge is 0.255 e. The molecule has 1 unspecified atom stereocenters. The number of carbonyl (C=O) groups excluding carboxylic acids is 1. The lowest BCUT2D eigenvalue weighted by molar-refractivity contribution is 0.0104. The van der Waals surface area contributed by atoms with Crippen LogP contribution in [0.15, 0.2) is 18.2 Å². The lowest BCUT2D eigenvalue weighted by atomic mass is 10.1. The van der Waals surface area contributed by atoms with Gasteiger partial charge in [-0.2, -0.15) is 0 Å². The molecule has 1 aromatic rings. The molecule has 4 nitrogen and oxygen atoms in total. The SMILES string of the molecule is Cc1cccc(C(=O)N(C)CC2CNCCO2)c1Cl. The number of morpholine rings is 1. The molecule has 1 saturated heterocycles. The van der Waals surface area contributed by atoms with Gasteiger partial charge in [-0.25, -0.2) is 0 Å². The Morgan fingerprint density at radius 3 is 3.05 bits per heavy atom. The first kappa shape index (κ1) is 14.3. The summed E-state index contributed by atoms with van der Waals surface area (Å²) in [5.41, 5.74) is 1.46. The Kier molecular flexibility index (Phi) is 4.80. The molecule has 1 fully saturated rings. The third-order valence-electron chi connectivity index (χ3n) is 3.25. The van der Waals surface area contributed by atoms with Gasteiger partial charge in [0.25, 0.3) is 5.91 Å². The van der Waals surface area contributed by atoms with Crippen molar-refractivity contribution in [1.29, 1.82) is 0 Å². The minimum absolute atomic E-state index is 0.0475. The number of rotatable bonds is 3. The number of ether oxygens (including phenoxy) is 1. The third-order valence-corrected chi connectivity index (χ3v) is 3.75. The van der Waals surface area contributed by atoms with Gasteiger partial charge in [0, 0.05) is 26.7 Å². The third kappa shape index (κ3) is 3.47. The van der Waals surface area contributed by atoms with E-state index in [0.29, 0.717) is 23.7 Å². The van der Waals surface area contributed by atoms with Gasteiger partial charge in [-0.05, 0) is 18.6 Å². The molecule has 1 aromatic carbocycles. The fourth-order valence-electron chi connectivity index (χ4n) is 2.14. The Morgan fingerprint density at radius 1 is 1.58 bits per heavy atom. The van der Waals surface area contributed by atoms with Crippen LogP contribution in [0.25, 0.3) is 0 Å². The maximum absolute atomic E-state index is 12.4. The molecule has 1 aliphatic heterocycles. The highest BCUT2D eigenvalue weighted by Crippen LogP contribution is 2.21. The van der Waals surface area contributed by atoms with E-state index in [9.17, 15) is 4.79 Å². The maximum Gasteiger partial charge on any atom is 0.255 e. The normalized spacial score (nSPS) is 19.2. The Labute approximate surface area is 118 Å². The van der Waals surface area contributed by atoms with Crippen molar-refractivity contribution in [1.82, 2.24) is 10.2 Å². The summed E-state index contributed by atoms with van der Waals surface area (Å²) in [5, 5.41) is 3.78. The molecule has 5 heteroatoms. The minimum Gasteiger partial charge on any atom is -0.374 e. The fraction of sp³-hybridized carbons (Fsp3) is 0.500. The summed E-state index contributed by atoms with van der Waals surface area (Å²) in [7, 11) is 1.78. The van der Waals surface area contributed by atoms with Crippen molar-refractivity contribution in [2.24, 2.45) is 0 Å². The first-order chi connectivity index (χ1) is 9.09. The van der Waals surface area contributed by atoms with Crippen molar-refractivity contribution in [3.05, 3.63) is 34.3 Å². The van der Waals surface area contributed by atoms with E-state index in [1.807, 2.05) is 19.1 Å².